The molecule has 4 aromatic rings. The van der Waals surface area contributed by atoms with E-state index in [0.29, 0.717) is 101 Å². The van der Waals surface area contributed by atoms with Crippen LogP contribution < -0.4 is 52.5 Å². The summed E-state index contributed by atoms with van der Waals surface area (Å²) in [5, 5.41) is 5.63. The number of hydrogen-bond acceptors (Lipinski definition) is 16. The summed E-state index contributed by atoms with van der Waals surface area (Å²) in [6.45, 7) is 9.94. The zero-order valence-corrected chi connectivity index (χ0v) is 52.6. The van der Waals surface area contributed by atoms with E-state index in [1.165, 1.54) is 86.7 Å². The highest BCUT2D eigenvalue weighted by molar-refractivity contribution is 7.89. The normalized spacial score (nSPS) is 11.9. The molecule has 4 aromatic carbocycles. The number of nitrogens with one attached hydrogen (secondary N) is 4. The average Bonchev–Trinajstić information content (AvgIpc) is 1.12. The fraction of sp³-hybridized carbons (Fsp3) is 0.433. The van der Waals surface area contributed by atoms with Crippen molar-refractivity contribution in [2.24, 2.45) is 32.9 Å². The van der Waals surface area contributed by atoms with Crippen LogP contribution in [0.2, 0.25) is 0 Å². The minimum absolute atomic E-state index is 0.00626. The van der Waals surface area contributed by atoms with Crippen LogP contribution in [0, 0.1) is 25.5 Å². The topological polar surface area (TPSA) is 387 Å². The molecule has 0 heterocycles. The standard InChI is InChI=1S/C60H82F2N10O16S2/c1-41-35-45(37-43(3)57(75)71-59(63)64)39-51(61)55(41)87-47-11-15-49(16-12-47)89(77,78)69-21-25-83-29-33-85-31-27-81-23-19-67-53(73)9-7-5-6-8-10-54(74)68-20-24-82-28-32-86-34-30-84-26-22-70-90(79,80)50-17-13-48(14-18-50)88-56-42(2)36-46(40-52(56)62)38-44(4)58(76)72-60(65)66/h11-18,35-40,69-70H,5-10,19-34H2,1-4H3,(H,67,73)(H,68,74)(H4,63,64,71,75)(H4,65,66,72,76)/b43-37+,44-38+. The molecule has 4 rings (SSSR count). The van der Waals surface area contributed by atoms with E-state index in [4.69, 9.17) is 60.8 Å². The van der Waals surface area contributed by atoms with Crippen molar-refractivity contribution >= 4 is 67.7 Å². The van der Waals surface area contributed by atoms with Crippen molar-refractivity contribution in [2.45, 2.75) is 76.0 Å². The highest BCUT2D eigenvalue weighted by atomic mass is 32.2. The van der Waals surface area contributed by atoms with Crippen LogP contribution in [0.4, 0.5) is 8.78 Å². The van der Waals surface area contributed by atoms with Gasteiger partial charge in [0.25, 0.3) is 11.8 Å². The third-order valence-electron chi connectivity index (χ3n) is 12.4. The Morgan fingerprint density at radius 1 is 0.467 bits per heavy atom. The van der Waals surface area contributed by atoms with Crippen molar-refractivity contribution < 1.29 is 82.7 Å². The number of ether oxygens (including phenoxy) is 8. The van der Waals surface area contributed by atoms with Crippen LogP contribution in [0.3, 0.4) is 0 Å². The molecule has 0 unspecified atom stereocenters. The van der Waals surface area contributed by atoms with Crippen molar-refractivity contribution in [1.82, 2.24) is 20.1 Å². The van der Waals surface area contributed by atoms with Gasteiger partial charge in [-0.25, -0.2) is 35.1 Å². The number of amides is 4. The van der Waals surface area contributed by atoms with Gasteiger partial charge in [-0.1, -0.05) is 12.8 Å². The van der Waals surface area contributed by atoms with E-state index in [0.717, 1.165) is 12.8 Å². The lowest BCUT2D eigenvalue weighted by Crippen LogP contribution is -2.28. The van der Waals surface area contributed by atoms with Crippen LogP contribution in [0.5, 0.6) is 23.0 Å². The summed E-state index contributed by atoms with van der Waals surface area (Å²) in [6.07, 6.45) is 6.60. The molecule has 0 aliphatic carbocycles. The number of aliphatic imine (C=N–C) groups is 2. The van der Waals surface area contributed by atoms with E-state index in [-0.39, 0.29) is 120 Å². The summed E-state index contributed by atoms with van der Waals surface area (Å²) in [4.78, 5) is 55.3. The second-order valence-electron chi connectivity index (χ2n) is 19.9. The van der Waals surface area contributed by atoms with Gasteiger partial charge >= 0.3 is 0 Å². The molecule has 0 fully saturated rings. The van der Waals surface area contributed by atoms with Gasteiger partial charge in [-0.2, -0.15) is 9.98 Å². The first kappa shape index (κ1) is 74.7. The number of guanidine groups is 2. The molecule has 0 spiro atoms. The van der Waals surface area contributed by atoms with E-state index in [2.05, 4.69) is 30.1 Å². The summed E-state index contributed by atoms with van der Waals surface area (Å²) in [6, 6.07) is 16.5. The van der Waals surface area contributed by atoms with Gasteiger partial charge in [-0.3, -0.25) is 19.2 Å². The van der Waals surface area contributed by atoms with Crippen molar-refractivity contribution in [3.8, 4) is 23.0 Å². The smallest absolute Gasteiger partial charge is 0.275 e. The zero-order chi connectivity index (χ0) is 65.9. The Kier molecular flexibility index (Phi) is 33.2. The van der Waals surface area contributed by atoms with Gasteiger partial charge in [0.2, 0.25) is 31.9 Å². The summed E-state index contributed by atoms with van der Waals surface area (Å²) < 4.78 is 130. The number of halogens is 2. The maximum absolute atomic E-state index is 15.0. The quantitative estimate of drug-likeness (QED) is 0.0131. The Morgan fingerprint density at radius 3 is 1.09 bits per heavy atom. The summed E-state index contributed by atoms with van der Waals surface area (Å²) >= 11 is 0. The fourth-order valence-electron chi connectivity index (χ4n) is 7.96. The number of nitrogens with zero attached hydrogens (tertiary/aromatic N) is 2. The Morgan fingerprint density at radius 2 is 0.778 bits per heavy atom. The number of rotatable bonds is 43. The minimum Gasteiger partial charge on any atom is -0.454 e. The summed E-state index contributed by atoms with van der Waals surface area (Å²) in [5.41, 5.74) is 23.0. The molecule has 0 aliphatic rings. The third kappa shape index (κ3) is 29.2. The molecule has 0 saturated carbocycles. The molecule has 0 radical (unpaired) electrons. The van der Waals surface area contributed by atoms with Crippen molar-refractivity contribution in [3.05, 3.63) is 118 Å². The summed E-state index contributed by atoms with van der Waals surface area (Å²) in [7, 11) is -7.75. The second kappa shape index (κ2) is 40.1. The van der Waals surface area contributed by atoms with E-state index in [1.54, 1.807) is 26.0 Å². The second-order valence-corrected chi connectivity index (χ2v) is 23.4. The lowest BCUT2D eigenvalue weighted by Gasteiger charge is -2.12. The number of hydrogen-bond donors (Lipinski definition) is 8. The van der Waals surface area contributed by atoms with Gasteiger partial charge in [0.15, 0.2) is 35.1 Å². The highest BCUT2D eigenvalue weighted by Crippen LogP contribution is 2.32. The van der Waals surface area contributed by atoms with Crippen molar-refractivity contribution in [3.63, 3.8) is 0 Å². The molecule has 0 aromatic heterocycles. The zero-order valence-electron chi connectivity index (χ0n) is 50.9. The molecular weight excluding hydrogens is 1220 g/mol. The molecule has 12 N–H and O–H groups in total. The third-order valence-corrected chi connectivity index (χ3v) is 15.3. The Hall–Kier alpha value is -7.78. The molecule has 0 atom stereocenters. The Balaban J connectivity index is 0.892. The summed E-state index contributed by atoms with van der Waals surface area (Å²) in [5.74, 6) is -3.40. The van der Waals surface area contributed by atoms with Crippen molar-refractivity contribution in [1.29, 1.82) is 0 Å². The van der Waals surface area contributed by atoms with Crippen LogP contribution in [-0.4, -0.2) is 158 Å². The van der Waals surface area contributed by atoms with E-state index >= 15 is 8.78 Å². The minimum atomic E-state index is -3.88. The molecule has 0 aliphatic heterocycles. The van der Waals surface area contributed by atoms with Gasteiger partial charge in [-0.05, 0) is 148 Å². The Bertz CT molecular complexity index is 3060. The van der Waals surface area contributed by atoms with Gasteiger partial charge in [-0.15, -0.1) is 0 Å². The van der Waals surface area contributed by atoms with Crippen LogP contribution in [0.1, 0.15) is 74.6 Å². The van der Waals surface area contributed by atoms with E-state index < -0.39 is 43.5 Å². The van der Waals surface area contributed by atoms with E-state index in [9.17, 15) is 36.0 Å². The average molecular weight is 1300 g/mol. The largest absolute Gasteiger partial charge is 0.454 e. The van der Waals surface area contributed by atoms with Gasteiger partial charge in [0.1, 0.15) is 11.5 Å². The number of nitrogens with two attached hydrogens (primary N) is 4. The number of sulfonamides is 2. The molecule has 0 saturated heterocycles. The number of aryl methyl sites for hydroxylation is 2. The molecule has 4 amide bonds. The first-order valence-electron chi connectivity index (χ1n) is 28.7. The Labute approximate surface area is 523 Å². The monoisotopic (exact) mass is 1300 g/mol. The van der Waals surface area contributed by atoms with Crippen molar-refractivity contribution in [2.75, 3.05) is 105 Å². The fourth-order valence-corrected chi connectivity index (χ4v) is 9.98. The number of unbranched alkanes of at least 4 members (excludes halogenated alkanes) is 3. The first-order valence-corrected chi connectivity index (χ1v) is 31.7. The molecule has 30 heteroatoms. The van der Waals surface area contributed by atoms with Crippen LogP contribution >= 0.6 is 0 Å². The van der Waals surface area contributed by atoms with Crippen LogP contribution in [-0.2, 0) is 67.6 Å². The van der Waals surface area contributed by atoms with Gasteiger partial charge < -0.3 is 71.5 Å². The van der Waals surface area contributed by atoms with E-state index in [1.807, 2.05) is 0 Å². The number of carbonyl (C=O) groups is 4. The molecule has 26 nitrogen and oxygen atoms in total. The van der Waals surface area contributed by atoms with Crippen LogP contribution in [0.15, 0.2) is 104 Å². The van der Waals surface area contributed by atoms with Gasteiger partial charge in [0, 0.05) is 50.2 Å². The molecule has 494 valence electrons. The lowest BCUT2D eigenvalue weighted by molar-refractivity contribution is -0.122. The lowest BCUT2D eigenvalue weighted by atomic mass is 10.1. The predicted octanol–water partition coefficient (Wildman–Crippen LogP) is 4.50. The first-order chi connectivity index (χ1) is 42.9. The van der Waals surface area contributed by atoms with Crippen LogP contribution in [0.25, 0.3) is 12.2 Å². The highest BCUT2D eigenvalue weighted by Gasteiger charge is 2.18. The number of benzene rings is 4. The predicted molar refractivity (Wildman–Crippen MR) is 333 cm³/mol. The maximum atomic E-state index is 15.0. The van der Waals surface area contributed by atoms with Gasteiger partial charge in [0.05, 0.1) is 89.1 Å². The SMILES string of the molecule is C/C(=C\c1cc(C)c(Oc2ccc(S(=O)(=O)NCCOCCOCCOCCNC(=O)CCCCCCC(=O)NCCOCCOCCOCCNS(=O)(=O)c3ccc(Oc4c(C)cc(/C=C(\C)C(=O)N=C(N)N)cc4F)cc3)cc2)c(F)c1)C(=O)N=C(N)N. The number of carbonyl (C=O) groups excluding carboxylic acids is 4. The molecule has 0 bridgehead atoms. The molecule has 90 heavy (non-hydrogen) atoms. The molecular formula is C60H82F2N10O16S2. The maximum Gasteiger partial charge on any atom is 0.275 e.